The highest BCUT2D eigenvalue weighted by molar-refractivity contribution is 7.10. The van der Waals surface area contributed by atoms with Crippen LogP contribution in [0.15, 0.2) is 17.2 Å². The molecule has 0 aromatic carbocycles. The van der Waals surface area contributed by atoms with Crippen LogP contribution in [0.5, 0.6) is 0 Å². The summed E-state index contributed by atoms with van der Waals surface area (Å²) in [6, 6.07) is 3.22. The lowest BCUT2D eigenvalue weighted by molar-refractivity contribution is 1.18. The molecule has 0 aliphatic carbocycles. The normalized spacial score (nSPS) is 9.29. The Bertz CT molecular complexity index is 688. The van der Waals surface area contributed by atoms with Crippen molar-refractivity contribution in [1.82, 2.24) is 14.3 Å². The highest BCUT2D eigenvalue weighted by Gasteiger charge is 2.10. The summed E-state index contributed by atoms with van der Waals surface area (Å²) in [7, 11) is 0. The van der Waals surface area contributed by atoms with Crippen LogP contribution in [0, 0.1) is 17.9 Å². The highest BCUT2D eigenvalue weighted by atomic mass is 32.1. The number of anilines is 2. The van der Waals surface area contributed by atoms with Gasteiger partial charge in [0, 0.05) is 6.07 Å². The van der Waals surface area contributed by atoms with E-state index in [0.717, 1.165) is 11.5 Å². The molecule has 0 aliphatic rings. The van der Waals surface area contributed by atoms with Gasteiger partial charge in [0.2, 0.25) is 6.33 Å². The topological polar surface area (TPSA) is 98.8 Å². The van der Waals surface area contributed by atoms with Crippen molar-refractivity contribution >= 4 is 28.2 Å². The molecule has 2 N–H and O–H groups in total. The summed E-state index contributed by atoms with van der Waals surface area (Å²) in [5.74, 6) is 0.543. The molecule has 17 heavy (non-hydrogen) atoms. The molecule has 0 radical (unpaired) electrons. The van der Waals surface area contributed by atoms with Gasteiger partial charge in [0.15, 0.2) is 5.56 Å². The van der Waals surface area contributed by atoms with Gasteiger partial charge in [0.25, 0.3) is 11.4 Å². The zero-order valence-electron chi connectivity index (χ0n) is 8.26. The lowest BCUT2D eigenvalue weighted by atomic mass is 10.4. The minimum Gasteiger partial charge on any atom is -0.360 e. The molecule has 8 heteroatoms. The Balaban J connectivity index is 2.36. The number of nitrogens with zero attached hydrogens (tertiary/aromatic N) is 4. The largest absolute Gasteiger partial charge is 0.360 e. The molecule has 0 spiro atoms. The van der Waals surface area contributed by atoms with Crippen LogP contribution < -0.4 is 10.9 Å². The van der Waals surface area contributed by atoms with Gasteiger partial charge in [-0.2, -0.15) is 10.2 Å². The number of aromatic amines is 1. The number of nitriles is 1. The molecule has 0 aliphatic heterocycles. The van der Waals surface area contributed by atoms with Gasteiger partial charge in [0.1, 0.15) is 16.9 Å². The van der Waals surface area contributed by atoms with E-state index in [1.165, 1.54) is 12.4 Å². The summed E-state index contributed by atoms with van der Waals surface area (Å²) in [5.41, 5.74) is -0.447. The van der Waals surface area contributed by atoms with Crippen molar-refractivity contribution in [3.8, 4) is 6.07 Å². The quantitative estimate of drug-likeness (QED) is 0.778. The van der Waals surface area contributed by atoms with Crippen LogP contribution in [0.25, 0.3) is 4.85 Å². The van der Waals surface area contributed by atoms with Crippen molar-refractivity contribution in [1.29, 1.82) is 5.26 Å². The fourth-order valence-corrected chi connectivity index (χ4v) is 1.78. The van der Waals surface area contributed by atoms with E-state index in [9.17, 15) is 4.79 Å². The maximum Gasteiger partial charge on any atom is 0.278 e. The third-order valence-electron chi connectivity index (χ3n) is 1.82. The number of aromatic nitrogens is 3. The third kappa shape index (κ3) is 2.12. The van der Waals surface area contributed by atoms with Gasteiger partial charge >= 0.3 is 0 Å². The fourth-order valence-electron chi connectivity index (χ4n) is 1.08. The maximum absolute atomic E-state index is 11.2. The van der Waals surface area contributed by atoms with Crippen molar-refractivity contribution < 1.29 is 0 Å². The molecule has 0 unspecified atom stereocenters. The molecule has 2 aromatic rings. The molecule has 2 aromatic heterocycles. The zero-order chi connectivity index (χ0) is 12.3. The fraction of sp³-hybridized carbons (Fsp3) is 0. The Kier molecular flexibility index (Phi) is 2.81. The molecule has 0 bridgehead atoms. The lowest BCUT2D eigenvalue weighted by Gasteiger charge is -2.00. The summed E-state index contributed by atoms with van der Waals surface area (Å²) in [4.78, 5) is 21.9. The third-order valence-corrected chi connectivity index (χ3v) is 2.62. The Morgan fingerprint density at radius 1 is 1.59 bits per heavy atom. The number of hydrogen-bond acceptors (Lipinski definition) is 6. The number of hydrogen-bond donors (Lipinski definition) is 2. The smallest absolute Gasteiger partial charge is 0.278 e. The van der Waals surface area contributed by atoms with Gasteiger partial charge < -0.3 is 10.2 Å². The van der Waals surface area contributed by atoms with Gasteiger partial charge in [-0.05, 0) is 11.5 Å². The summed E-state index contributed by atoms with van der Waals surface area (Å²) < 4.78 is 2.43. The van der Waals surface area contributed by atoms with E-state index in [4.69, 9.17) is 11.8 Å². The number of H-pyrrole nitrogens is 1. The van der Waals surface area contributed by atoms with E-state index in [0.29, 0.717) is 10.8 Å². The Hall–Kier alpha value is -2.71. The molecule has 2 heterocycles. The standard InChI is InChI=1S/C9H4N6OS/c1-11-6-2-7(13-4-12-6)14-9-5(3-10)8(16)15-17-9/h2,4H,(H,15,16)(H,12,13,14). The monoisotopic (exact) mass is 244 g/mol. The van der Waals surface area contributed by atoms with E-state index in [-0.39, 0.29) is 11.4 Å². The molecule has 0 saturated heterocycles. The minimum absolute atomic E-state index is 0.00188. The van der Waals surface area contributed by atoms with Gasteiger partial charge in [0.05, 0.1) is 0 Å². The molecule has 7 nitrogen and oxygen atoms in total. The van der Waals surface area contributed by atoms with Crippen molar-refractivity contribution in [3.05, 3.63) is 39.7 Å². The molecule has 2 rings (SSSR count). The van der Waals surface area contributed by atoms with Crippen molar-refractivity contribution in [2.75, 3.05) is 5.32 Å². The van der Waals surface area contributed by atoms with Gasteiger partial charge in [-0.25, -0.2) is 0 Å². The summed E-state index contributed by atoms with van der Waals surface area (Å²) in [6.07, 6.45) is 1.23. The Morgan fingerprint density at radius 2 is 2.41 bits per heavy atom. The molecule has 0 atom stereocenters. The van der Waals surface area contributed by atoms with E-state index in [1.807, 2.05) is 0 Å². The first-order valence-electron chi connectivity index (χ1n) is 4.32. The average molecular weight is 244 g/mol. The number of rotatable bonds is 2. The predicted octanol–water partition coefficient (Wildman–Crippen LogP) is 1.39. The van der Waals surface area contributed by atoms with E-state index >= 15 is 0 Å². The van der Waals surface area contributed by atoms with Gasteiger partial charge in [-0.1, -0.05) is 6.57 Å². The molecule has 0 fully saturated rings. The minimum atomic E-state index is -0.445. The van der Waals surface area contributed by atoms with E-state index in [1.54, 1.807) is 6.07 Å². The summed E-state index contributed by atoms with van der Waals surface area (Å²) in [5, 5.41) is 11.9. The zero-order valence-corrected chi connectivity index (χ0v) is 9.08. The second kappa shape index (κ2) is 4.43. The Labute approximate surface area is 99.4 Å². The Morgan fingerprint density at radius 3 is 3.12 bits per heavy atom. The van der Waals surface area contributed by atoms with Crippen molar-refractivity contribution in [2.45, 2.75) is 0 Å². The molecule has 0 saturated carbocycles. The maximum atomic E-state index is 11.2. The molecule has 82 valence electrons. The van der Waals surface area contributed by atoms with E-state index in [2.05, 4.69) is 24.5 Å². The first kappa shape index (κ1) is 10.8. The van der Waals surface area contributed by atoms with Crippen molar-refractivity contribution in [3.63, 3.8) is 0 Å². The van der Waals surface area contributed by atoms with Gasteiger partial charge in [-0.15, -0.1) is 4.98 Å². The van der Waals surface area contributed by atoms with Crippen LogP contribution in [-0.2, 0) is 0 Å². The molecular formula is C9H4N6OS. The lowest BCUT2D eigenvalue weighted by Crippen LogP contribution is -2.03. The van der Waals surface area contributed by atoms with E-state index < -0.39 is 5.56 Å². The van der Waals surface area contributed by atoms with Crippen molar-refractivity contribution in [2.24, 2.45) is 0 Å². The highest BCUT2D eigenvalue weighted by Crippen LogP contribution is 2.21. The first-order valence-corrected chi connectivity index (χ1v) is 5.14. The van der Waals surface area contributed by atoms with Crippen LogP contribution >= 0.6 is 11.5 Å². The van der Waals surface area contributed by atoms with Crippen LogP contribution in [-0.4, -0.2) is 14.3 Å². The predicted molar refractivity (Wildman–Crippen MR) is 61.2 cm³/mol. The van der Waals surface area contributed by atoms with Crippen LogP contribution in [0.1, 0.15) is 5.56 Å². The second-order valence-electron chi connectivity index (χ2n) is 2.85. The summed E-state index contributed by atoms with van der Waals surface area (Å²) in [6.45, 7) is 6.80. The molecule has 0 amide bonds. The van der Waals surface area contributed by atoms with Gasteiger partial charge in [-0.3, -0.25) is 9.17 Å². The van der Waals surface area contributed by atoms with Crippen LogP contribution in [0.4, 0.5) is 16.6 Å². The molecular weight excluding hydrogens is 240 g/mol. The van der Waals surface area contributed by atoms with Crippen LogP contribution in [0.2, 0.25) is 0 Å². The number of nitrogens with one attached hydrogen (secondary N) is 2. The first-order chi connectivity index (χ1) is 8.24. The summed E-state index contributed by atoms with van der Waals surface area (Å²) >= 11 is 1.00. The average Bonchev–Trinajstić information content (AvgIpc) is 2.70. The van der Waals surface area contributed by atoms with Crippen LogP contribution in [0.3, 0.4) is 0 Å². The SMILES string of the molecule is [C-]#[N+]c1cc(Nc2s[nH]c(=O)c2C#N)ncn1. The second-order valence-corrected chi connectivity index (χ2v) is 3.66.